The third kappa shape index (κ3) is 4.10. The fourth-order valence-electron chi connectivity index (χ4n) is 2.17. The van der Waals surface area contributed by atoms with Crippen LogP contribution in [-0.2, 0) is 0 Å². The van der Waals surface area contributed by atoms with Crippen molar-refractivity contribution in [3.8, 4) is 17.2 Å². The van der Waals surface area contributed by atoms with Crippen molar-refractivity contribution in [2.24, 2.45) is 0 Å². The van der Waals surface area contributed by atoms with E-state index in [1.807, 2.05) is 13.8 Å². The van der Waals surface area contributed by atoms with E-state index in [1.165, 1.54) is 0 Å². The Balaban J connectivity index is 2.28. The highest BCUT2D eigenvalue weighted by Crippen LogP contribution is 2.35. The lowest BCUT2D eigenvalue weighted by Gasteiger charge is -2.15. The van der Waals surface area contributed by atoms with Crippen molar-refractivity contribution in [1.29, 1.82) is 0 Å². The second-order valence-corrected chi connectivity index (χ2v) is 4.93. The lowest BCUT2D eigenvalue weighted by atomic mass is 10.2. The molecule has 0 aromatic heterocycles. The number of nitrogen functional groups attached to an aromatic ring is 1. The fourth-order valence-corrected chi connectivity index (χ4v) is 2.17. The second kappa shape index (κ2) is 8.10. The number of methoxy groups -OCH3 is 1. The fraction of sp³-hybridized carbons (Fsp3) is 0.278. The number of carbonyl (C=O) groups excluding carboxylic acids is 1. The maximum absolute atomic E-state index is 12.4. The predicted molar refractivity (Wildman–Crippen MR) is 94.1 cm³/mol. The summed E-state index contributed by atoms with van der Waals surface area (Å²) in [6, 6.07) is 10.2. The van der Waals surface area contributed by atoms with E-state index in [-0.39, 0.29) is 5.91 Å². The highest BCUT2D eigenvalue weighted by molar-refractivity contribution is 6.05. The summed E-state index contributed by atoms with van der Waals surface area (Å²) >= 11 is 0. The van der Waals surface area contributed by atoms with E-state index in [9.17, 15) is 4.79 Å². The van der Waals surface area contributed by atoms with E-state index in [1.54, 1.807) is 43.5 Å². The molecule has 1 amide bonds. The Bertz CT molecular complexity index is 699. The van der Waals surface area contributed by atoms with Crippen molar-refractivity contribution in [2.45, 2.75) is 13.8 Å². The summed E-state index contributed by atoms with van der Waals surface area (Å²) in [4.78, 5) is 12.4. The molecule has 0 spiro atoms. The molecule has 2 aromatic rings. The van der Waals surface area contributed by atoms with Gasteiger partial charge in [-0.2, -0.15) is 0 Å². The maximum Gasteiger partial charge on any atom is 0.255 e. The number of amides is 1. The van der Waals surface area contributed by atoms with Crippen molar-refractivity contribution in [2.75, 3.05) is 31.4 Å². The molecule has 6 nitrogen and oxygen atoms in total. The van der Waals surface area contributed by atoms with Crippen molar-refractivity contribution in [1.82, 2.24) is 0 Å². The van der Waals surface area contributed by atoms with Gasteiger partial charge in [-0.15, -0.1) is 0 Å². The normalized spacial score (nSPS) is 10.1. The average molecular weight is 330 g/mol. The number of ether oxygens (including phenoxy) is 3. The quantitative estimate of drug-likeness (QED) is 0.761. The Morgan fingerprint density at radius 3 is 2.25 bits per heavy atom. The Hall–Kier alpha value is -2.89. The molecule has 0 saturated carbocycles. The molecule has 3 N–H and O–H groups in total. The summed E-state index contributed by atoms with van der Waals surface area (Å²) in [5.74, 6) is 1.43. The molecule has 2 rings (SSSR count). The number of hydrogen-bond acceptors (Lipinski definition) is 5. The third-order valence-corrected chi connectivity index (χ3v) is 3.31. The average Bonchev–Trinajstić information content (AvgIpc) is 2.59. The number of hydrogen-bond donors (Lipinski definition) is 2. The Morgan fingerprint density at radius 2 is 1.67 bits per heavy atom. The number of nitrogens with one attached hydrogen (secondary N) is 1. The minimum atomic E-state index is -0.258. The number of carbonyl (C=O) groups is 1. The molecule has 24 heavy (non-hydrogen) atoms. The van der Waals surface area contributed by atoms with Crippen molar-refractivity contribution in [3.63, 3.8) is 0 Å². The van der Waals surface area contributed by atoms with Crippen LogP contribution in [0.1, 0.15) is 24.2 Å². The molecule has 0 aliphatic heterocycles. The van der Waals surface area contributed by atoms with Gasteiger partial charge in [-0.3, -0.25) is 4.79 Å². The monoisotopic (exact) mass is 330 g/mol. The summed E-state index contributed by atoms with van der Waals surface area (Å²) in [6.07, 6.45) is 0. The largest absolute Gasteiger partial charge is 0.497 e. The summed E-state index contributed by atoms with van der Waals surface area (Å²) in [5.41, 5.74) is 7.43. The Morgan fingerprint density at radius 1 is 1.04 bits per heavy atom. The van der Waals surface area contributed by atoms with E-state index < -0.39 is 0 Å². The van der Waals surface area contributed by atoms with E-state index in [0.717, 1.165) is 0 Å². The number of rotatable bonds is 7. The summed E-state index contributed by atoms with van der Waals surface area (Å²) in [7, 11) is 1.58. The first-order valence-electron chi connectivity index (χ1n) is 7.73. The highest BCUT2D eigenvalue weighted by atomic mass is 16.5. The van der Waals surface area contributed by atoms with Crippen LogP contribution < -0.4 is 25.3 Å². The van der Waals surface area contributed by atoms with Gasteiger partial charge >= 0.3 is 0 Å². The van der Waals surface area contributed by atoms with E-state index in [0.29, 0.717) is 47.4 Å². The van der Waals surface area contributed by atoms with Crippen LogP contribution in [0.25, 0.3) is 0 Å². The minimum Gasteiger partial charge on any atom is -0.497 e. The lowest BCUT2D eigenvalue weighted by molar-refractivity contribution is 0.102. The molecular weight excluding hydrogens is 308 g/mol. The molecule has 0 atom stereocenters. The molecule has 0 unspecified atom stereocenters. The first-order chi connectivity index (χ1) is 11.6. The van der Waals surface area contributed by atoms with Crippen LogP contribution in [-0.4, -0.2) is 26.2 Å². The van der Waals surface area contributed by atoms with Crippen LogP contribution in [0.15, 0.2) is 36.4 Å². The second-order valence-electron chi connectivity index (χ2n) is 4.93. The Labute approximate surface area is 141 Å². The van der Waals surface area contributed by atoms with Gasteiger partial charge in [0.25, 0.3) is 5.91 Å². The summed E-state index contributed by atoms with van der Waals surface area (Å²) < 4.78 is 16.1. The van der Waals surface area contributed by atoms with E-state index in [4.69, 9.17) is 19.9 Å². The molecule has 0 fully saturated rings. The molecule has 0 saturated heterocycles. The standard InChI is InChI=1S/C18H22N2O4/c1-4-23-16-11-15(17(24-5-2)10-14(16)19)20-18(21)12-6-8-13(22-3)9-7-12/h6-11H,4-5,19H2,1-3H3,(H,20,21). The van der Waals surface area contributed by atoms with Gasteiger partial charge in [-0.05, 0) is 38.1 Å². The molecule has 0 heterocycles. The van der Waals surface area contributed by atoms with Gasteiger partial charge < -0.3 is 25.3 Å². The van der Waals surface area contributed by atoms with E-state index >= 15 is 0 Å². The first-order valence-corrected chi connectivity index (χ1v) is 7.73. The molecule has 6 heteroatoms. The van der Waals surface area contributed by atoms with Crippen LogP contribution in [0.4, 0.5) is 11.4 Å². The van der Waals surface area contributed by atoms with Gasteiger partial charge in [0, 0.05) is 17.7 Å². The molecule has 0 aliphatic rings. The zero-order chi connectivity index (χ0) is 17.5. The van der Waals surface area contributed by atoms with Gasteiger partial charge in [-0.25, -0.2) is 0 Å². The summed E-state index contributed by atoms with van der Waals surface area (Å²) in [6.45, 7) is 4.66. The van der Waals surface area contributed by atoms with Crippen molar-refractivity contribution < 1.29 is 19.0 Å². The number of nitrogens with two attached hydrogens (primary N) is 1. The van der Waals surface area contributed by atoms with E-state index in [2.05, 4.69) is 5.32 Å². The van der Waals surface area contributed by atoms with Crippen molar-refractivity contribution in [3.05, 3.63) is 42.0 Å². The van der Waals surface area contributed by atoms with Gasteiger partial charge in [0.2, 0.25) is 0 Å². The smallest absolute Gasteiger partial charge is 0.255 e. The molecule has 0 radical (unpaired) electrons. The highest BCUT2D eigenvalue weighted by Gasteiger charge is 2.14. The van der Waals surface area contributed by atoms with Gasteiger partial charge in [0.15, 0.2) is 0 Å². The zero-order valence-electron chi connectivity index (χ0n) is 14.1. The zero-order valence-corrected chi connectivity index (χ0v) is 14.1. The maximum atomic E-state index is 12.4. The number of anilines is 2. The van der Waals surface area contributed by atoms with Crippen LogP contribution in [0.2, 0.25) is 0 Å². The first kappa shape index (κ1) is 17.5. The lowest BCUT2D eigenvalue weighted by Crippen LogP contribution is -2.13. The topological polar surface area (TPSA) is 82.8 Å². The minimum absolute atomic E-state index is 0.258. The molecule has 0 aliphatic carbocycles. The van der Waals surface area contributed by atoms with Crippen LogP contribution in [0, 0.1) is 0 Å². The number of benzene rings is 2. The molecular formula is C18H22N2O4. The molecule has 128 valence electrons. The Kier molecular flexibility index (Phi) is 5.89. The predicted octanol–water partition coefficient (Wildman–Crippen LogP) is 3.33. The molecule has 0 bridgehead atoms. The third-order valence-electron chi connectivity index (χ3n) is 3.31. The molecule has 2 aromatic carbocycles. The van der Waals surface area contributed by atoms with Gasteiger partial charge in [-0.1, -0.05) is 0 Å². The summed E-state index contributed by atoms with van der Waals surface area (Å²) in [5, 5.41) is 2.83. The van der Waals surface area contributed by atoms with Gasteiger partial charge in [0.1, 0.15) is 17.2 Å². The SMILES string of the molecule is CCOc1cc(NC(=O)c2ccc(OC)cc2)c(OCC)cc1N. The van der Waals surface area contributed by atoms with Crippen LogP contribution >= 0.6 is 0 Å². The van der Waals surface area contributed by atoms with Crippen molar-refractivity contribution >= 4 is 17.3 Å². The van der Waals surface area contributed by atoms with Crippen LogP contribution in [0.3, 0.4) is 0 Å². The van der Waals surface area contributed by atoms with Crippen LogP contribution in [0.5, 0.6) is 17.2 Å². The van der Waals surface area contributed by atoms with Gasteiger partial charge in [0.05, 0.1) is 31.7 Å².